The van der Waals surface area contributed by atoms with Crippen molar-refractivity contribution in [2.45, 2.75) is 227 Å². The molecule has 39 heteroatoms. The maximum Gasteiger partial charge on any atom is 0.407 e. The van der Waals surface area contributed by atoms with E-state index in [1.54, 1.807) is 0 Å². The first-order chi connectivity index (χ1) is 58.0. The van der Waals surface area contributed by atoms with Crippen LogP contribution < -0.4 is 10.6 Å². The summed E-state index contributed by atoms with van der Waals surface area (Å²) in [6, 6.07) is 16.0. The van der Waals surface area contributed by atoms with E-state index in [4.69, 9.17) is 166 Å². The number of fused-ring (bicyclic) bond motifs is 3. The van der Waals surface area contributed by atoms with Crippen molar-refractivity contribution in [3.63, 3.8) is 0 Å². The lowest BCUT2D eigenvalue weighted by Gasteiger charge is -2.52. The Kier molecular flexibility index (Phi) is 37.2. The molecule has 39 nitrogen and oxygen atoms in total. The molecule has 2 aromatic carbocycles. The van der Waals surface area contributed by atoms with E-state index >= 15 is 0 Å². The molecule has 22 aliphatic rings. The Morgan fingerprint density at radius 1 is 0.269 bits per heavy atom. The van der Waals surface area contributed by atoms with Gasteiger partial charge in [-0.05, 0) is 22.3 Å². The van der Waals surface area contributed by atoms with Crippen molar-refractivity contribution in [1.82, 2.24) is 10.6 Å². The molecule has 21 heterocycles. The van der Waals surface area contributed by atoms with Crippen molar-refractivity contribution in [3.05, 3.63) is 59.7 Å². The zero-order valence-electron chi connectivity index (χ0n) is 71.6. The van der Waals surface area contributed by atoms with E-state index in [9.17, 15) is 9.59 Å². The molecule has 2 aromatic rings. The van der Waals surface area contributed by atoms with Gasteiger partial charge in [0.05, 0.1) is 39.6 Å². The fraction of sp³-hybridized carbons (Fsp3) is 0.825. The normalized spacial score (nSPS) is 40.3. The summed E-state index contributed by atoms with van der Waals surface area (Å²) in [5.41, 5.74) is 4.26. The molecule has 1 aliphatic carbocycles. The second-order valence-electron chi connectivity index (χ2n) is 29.8. The van der Waals surface area contributed by atoms with Gasteiger partial charge in [0.1, 0.15) is 178 Å². The Balaban J connectivity index is 0.951. The van der Waals surface area contributed by atoms with Gasteiger partial charge < -0.3 is 176 Å². The third-order valence-electron chi connectivity index (χ3n) is 23.4. The van der Waals surface area contributed by atoms with Crippen molar-refractivity contribution in [2.75, 3.05) is 202 Å². The van der Waals surface area contributed by atoms with Gasteiger partial charge in [0, 0.05) is 168 Å². The molecule has 21 aliphatic heterocycles. The van der Waals surface area contributed by atoms with Crippen LogP contribution in [0.3, 0.4) is 0 Å². The Morgan fingerprint density at radius 3 is 0.714 bits per heavy atom. The maximum absolute atomic E-state index is 14.3. The van der Waals surface area contributed by atoms with E-state index in [2.05, 4.69) is 22.8 Å². The van der Waals surface area contributed by atoms with Gasteiger partial charge in [-0.3, -0.25) is 4.79 Å². The van der Waals surface area contributed by atoms with Gasteiger partial charge in [-0.1, -0.05) is 48.5 Å². The van der Waals surface area contributed by atoms with Crippen molar-refractivity contribution >= 4 is 12.0 Å². The molecule has 14 bridgehead atoms. The largest absolute Gasteiger partial charge is 0.449 e. The summed E-state index contributed by atoms with van der Waals surface area (Å²) in [5, 5.41) is 5.73. The number of carbonyl (C=O) groups is 2. The lowest BCUT2D eigenvalue weighted by atomic mass is 9.94. The molecular weight excluding hydrogens is 1580 g/mol. The quantitative estimate of drug-likeness (QED) is 0.100. The maximum atomic E-state index is 14.3. The Hall–Kier alpha value is -4.18. The number of hydrogen-bond donors (Lipinski definition) is 2. The highest BCUT2D eigenvalue weighted by atomic mass is 16.8. The number of rotatable bonds is 33. The van der Waals surface area contributed by atoms with Crippen LogP contribution in [-0.2, 0) is 171 Å². The summed E-state index contributed by atoms with van der Waals surface area (Å²) in [5.74, 6) is -0.679. The minimum Gasteiger partial charge on any atom is -0.449 e. The molecular formula is C80H126N2O37. The van der Waals surface area contributed by atoms with Crippen molar-refractivity contribution in [1.29, 1.82) is 0 Å². The summed E-state index contributed by atoms with van der Waals surface area (Å²) < 4.78 is 228. The van der Waals surface area contributed by atoms with Gasteiger partial charge in [-0.15, -0.1) is 0 Å². The summed E-state index contributed by atoms with van der Waals surface area (Å²) in [6.45, 7) is -0.841. The topological polar surface area (TPSA) is 381 Å². The fourth-order valence-corrected chi connectivity index (χ4v) is 17.9. The number of nitrogens with one attached hydrogen (secondary N) is 2. The van der Waals surface area contributed by atoms with E-state index in [1.807, 2.05) is 36.4 Å². The lowest BCUT2D eigenvalue weighted by Crippen LogP contribution is -2.69. The van der Waals surface area contributed by atoms with Gasteiger partial charge in [0.2, 0.25) is 5.91 Å². The van der Waals surface area contributed by atoms with Crippen LogP contribution in [0.2, 0.25) is 0 Å². The highest BCUT2D eigenvalue weighted by Gasteiger charge is 2.62. The number of methoxy groups -OCH3 is 20. The van der Waals surface area contributed by atoms with Crippen LogP contribution in [0.25, 0.3) is 11.1 Å². The predicted molar refractivity (Wildman–Crippen MR) is 408 cm³/mol. The summed E-state index contributed by atoms with van der Waals surface area (Å²) in [4.78, 5) is 27.7. The summed E-state index contributed by atoms with van der Waals surface area (Å²) in [6.07, 6.45) is -39.9. The Labute approximate surface area is 695 Å². The average Bonchev–Trinajstić information content (AvgIpc) is 1.36. The molecule has 0 unspecified atom stereocenters. The first kappa shape index (κ1) is 95.5. The minimum absolute atomic E-state index is 0.0662. The summed E-state index contributed by atoms with van der Waals surface area (Å²) >= 11 is 0. The van der Waals surface area contributed by atoms with Crippen molar-refractivity contribution in [2.24, 2.45) is 0 Å². The fourth-order valence-electron chi connectivity index (χ4n) is 17.9. The number of alkyl carbamates (subject to hydrolysis) is 1. The third kappa shape index (κ3) is 21.1. The lowest BCUT2D eigenvalue weighted by molar-refractivity contribution is -0.402. The van der Waals surface area contributed by atoms with Crippen LogP contribution in [0.1, 0.15) is 23.5 Å². The van der Waals surface area contributed by atoms with Crippen LogP contribution in [0.15, 0.2) is 48.5 Å². The zero-order valence-corrected chi connectivity index (χ0v) is 71.6. The number of carbonyl (C=O) groups excluding carboxylic acids is 2. The highest BCUT2D eigenvalue weighted by molar-refractivity contribution is 5.79. The van der Waals surface area contributed by atoms with E-state index in [0.29, 0.717) is 0 Å². The molecule has 678 valence electrons. The SMILES string of the molecule is COC[C@H]1O[C@@H]2O[C@H]3[C@H](OC)[C@@H](OC)[C@@H](O[C@H]4[C@H](OC)[C@@H](OC)[C@@H](O[C@H]5[C@H](OC)[C@@H](OC)[C@@H](O[C@H]6[C@H](OC)[C@@H](OC)[C@@H](O[C@H]7[C@H](OC)[C@@H](OC)[C@@H](O[C@H]8[C@H](OC)[C@@H](OC)[C@@H](O[C@H]1[C@H](OC)[C@H]2OC)O[C@@H]8CNC(=O)CCNC(=O)OCC1c2ccccc2-c2ccccc21)O[C@@H]7COC)O[C@@H]6COC)O[C@@H]5COC)O[C@@H]4COC)O[C@@H]3COC. The monoisotopic (exact) mass is 1710 g/mol. The van der Waals surface area contributed by atoms with Crippen LogP contribution in [0, 0.1) is 0 Å². The van der Waals surface area contributed by atoms with Crippen LogP contribution in [-0.4, -0.2) is 428 Å². The summed E-state index contributed by atoms with van der Waals surface area (Å²) in [7, 11) is 29.7. The molecule has 24 rings (SSSR count). The number of amides is 2. The minimum atomic E-state index is -1.40. The van der Waals surface area contributed by atoms with E-state index in [0.717, 1.165) is 22.3 Å². The molecule has 35 atom stereocenters. The number of ether oxygens (including phenoxy) is 35. The van der Waals surface area contributed by atoms with Crippen LogP contribution >= 0.6 is 0 Å². The van der Waals surface area contributed by atoms with Crippen molar-refractivity contribution < 1.29 is 175 Å². The Bertz CT molecular complexity index is 3270. The van der Waals surface area contributed by atoms with Gasteiger partial charge in [-0.25, -0.2) is 4.79 Å². The van der Waals surface area contributed by atoms with E-state index in [-0.39, 0.29) is 71.7 Å². The molecule has 0 saturated carbocycles. The standard InChI is InChI=1S/C80H126N2O37/c1-85-33-45-53-60(92-8)68(100-16)75(108-45)116-55-47(35-87-3)110-77(70(102-18)62(55)94-10)118-57-49(37-89-5)112-79(72(104-20)64(57)96-12)119-58-50(38-90-6)111-78(71(103-19)65(58)97-13)117-56-48(36-88-4)109-76(69(101-17)63(56)95-11)115-54-46(34-86-2)107-74(67(99-15)61(54)93-9)113-52-44(106-73(114-53)66(98-14)59(52)91-7)31-82-51(83)29-30-81-80(84)105-32-43-41-27-23-21-25-39(41)40-26-22-24-28-42(40)43/h21-28,43-50,52-79H,29-38H2,1-20H3,(H,81,84)(H,82,83)/t44-,45-,46-,47-,48-,49-,50-,52-,53-,54-,55-,56-,57-,58-,59+,60+,61+,62+,63+,64+,65+,66-,67-,68-,69-,70-,71-,72-,73-,74-,75-,76-,77-,78-,79-/m1/s1. The molecule has 0 radical (unpaired) electrons. The van der Waals surface area contributed by atoms with E-state index < -0.39 is 227 Å². The molecule has 0 spiro atoms. The molecule has 21 fully saturated rings. The molecule has 119 heavy (non-hydrogen) atoms. The molecule has 21 saturated heterocycles. The first-order valence-electron chi connectivity index (χ1n) is 39.8. The van der Waals surface area contributed by atoms with E-state index in [1.165, 1.54) is 142 Å². The second-order valence-corrected chi connectivity index (χ2v) is 29.8. The highest BCUT2D eigenvalue weighted by Crippen LogP contribution is 2.47. The second kappa shape index (κ2) is 46.3. The average molecular weight is 1710 g/mol. The molecule has 2 N–H and O–H groups in total. The molecule has 2 amide bonds. The van der Waals surface area contributed by atoms with Gasteiger partial charge in [-0.2, -0.15) is 0 Å². The first-order valence-corrected chi connectivity index (χ1v) is 39.8. The third-order valence-corrected chi connectivity index (χ3v) is 23.4. The smallest absolute Gasteiger partial charge is 0.407 e. The predicted octanol–water partition coefficient (Wildman–Crippen LogP) is 0.904. The number of benzene rings is 2. The van der Waals surface area contributed by atoms with Gasteiger partial charge >= 0.3 is 6.09 Å². The van der Waals surface area contributed by atoms with Gasteiger partial charge in [0.25, 0.3) is 0 Å². The van der Waals surface area contributed by atoms with Crippen molar-refractivity contribution in [3.8, 4) is 11.1 Å². The number of hydrogen-bond acceptors (Lipinski definition) is 37. The van der Waals surface area contributed by atoms with Crippen LogP contribution in [0.5, 0.6) is 0 Å². The zero-order chi connectivity index (χ0) is 85.1. The van der Waals surface area contributed by atoms with Crippen LogP contribution in [0.4, 0.5) is 4.79 Å². The Morgan fingerprint density at radius 2 is 0.487 bits per heavy atom. The van der Waals surface area contributed by atoms with Gasteiger partial charge in [0.15, 0.2) is 44.0 Å². The molecule has 0 aromatic heterocycles.